The van der Waals surface area contributed by atoms with E-state index in [0.717, 1.165) is 17.7 Å². The van der Waals surface area contributed by atoms with Crippen molar-refractivity contribution in [2.75, 3.05) is 27.2 Å². The highest BCUT2D eigenvalue weighted by molar-refractivity contribution is 7.88. The van der Waals surface area contributed by atoms with Crippen LogP contribution in [0.2, 0.25) is 0 Å². The van der Waals surface area contributed by atoms with E-state index in [2.05, 4.69) is 9.62 Å². The molecule has 0 aromatic heterocycles. The number of aryl methyl sites for hydroxylation is 1. The number of hydrogen-bond acceptors (Lipinski definition) is 4. The van der Waals surface area contributed by atoms with Crippen molar-refractivity contribution in [3.8, 4) is 0 Å². The van der Waals surface area contributed by atoms with E-state index >= 15 is 0 Å². The van der Waals surface area contributed by atoms with Crippen LogP contribution in [0, 0.1) is 6.92 Å². The molecule has 1 saturated heterocycles. The summed E-state index contributed by atoms with van der Waals surface area (Å²) in [6.07, 6.45) is -0.0900. The van der Waals surface area contributed by atoms with Crippen LogP contribution >= 0.6 is 0 Å². The third-order valence-electron chi connectivity index (χ3n) is 3.56. The number of likely N-dealkylation sites (N-methyl/N-ethyl adjacent to an activating group) is 1. The average molecular weight is 298 g/mol. The largest absolute Gasteiger partial charge is 0.378 e. The Labute approximate surface area is 121 Å². The van der Waals surface area contributed by atoms with Crippen molar-refractivity contribution in [2.45, 2.75) is 24.8 Å². The molecule has 1 aliphatic rings. The van der Waals surface area contributed by atoms with Gasteiger partial charge in [0.1, 0.15) is 0 Å². The van der Waals surface area contributed by atoms with Gasteiger partial charge >= 0.3 is 0 Å². The van der Waals surface area contributed by atoms with Crippen molar-refractivity contribution in [1.29, 1.82) is 0 Å². The van der Waals surface area contributed by atoms with E-state index in [9.17, 15) is 8.42 Å². The predicted octanol–water partition coefficient (Wildman–Crippen LogP) is 0.743. The Hall–Kier alpha value is -0.950. The van der Waals surface area contributed by atoms with E-state index in [1.807, 2.05) is 38.2 Å². The van der Waals surface area contributed by atoms with Gasteiger partial charge in [-0.15, -0.1) is 0 Å². The van der Waals surface area contributed by atoms with Crippen LogP contribution in [0.3, 0.4) is 0 Å². The number of likely N-dealkylation sites (tertiary alicyclic amines) is 1. The number of nitrogens with zero attached hydrogens (tertiary/aromatic N) is 1. The number of sulfonamides is 1. The molecule has 1 heterocycles. The smallest absolute Gasteiger partial charge is 0.216 e. The van der Waals surface area contributed by atoms with Gasteiger partial charge in [0.15, 0.2) is 0 Å². The lowest BCUT2D eigenvalue weighted by Gasteiger charge is -2.18. The van der Waals surface area contributed by atoms with Crippen LogP contribution in [0.1, 0.15) is 11.1 Å². The van der Waals surface area contributed by atoms with Crippen LogP contribution in [-0.4, -0.2) is 52.7 Å². The monoisotopic (exact) mass is 298 g/mol. The second-order valence-corrected chi connectivity index (χ2v) is 7.22. The van der Waals surface area contributed by atoms with E-state index in [1.165, 1.54) is 0 Å². The molecule has 0 unspecified atom stereocenters. The summed E-state index contributed by atoms with van der Waals surface area (Å²) in [5, 5.41) is 0. The van der Waals surface area contributed by atoms with Gasteiger partial charge < -0.3 is 9.64 Å². The van der Waals surface area contributed by atoms with Crippen LogP contribution < -0.4 is 4.72 Å². The maximum Gasteiger partial charge on any atom is 0.216 e. The van der Waals surface area contributed by atoms with Crippen LogP contribution in [0.15, 0.2) is 24.3 Å². The maximum atomic E-state index is 12.2. The third kappa shape index (κ3) is 4.02. The van der Waals surface area contributed by atoms with Gasteiger partial charge in [-0.25, -0.2) is 13.1 Å². The minimum Gasteiger partial charge on any atom is -0.378 e. The van der Waals surface area contributed by atoms with Gasteiger partial charge in [-0.1, -0.05) is 29.8 Å². The lowest BCUT2D eigenvalue weighted by atomic mass is 10.2. The highest BCUT2D eigenvalue weighted by atomic mass is 32.2. The molecule has 6 heteroatoms. The van der Waals surface area contributed by atoms with Crippen molar-refractivity contribution >= 4 is 10.0 Å². The molecular weight excluding hydrogens is 276 g/mol. The van der Waals surface area contributed by atoms with E-state index < -0.39 is 10.0 Å². The standard InChI is InChI=1S/C14H22N2O3S/c1-11-4-6-12(7-5-11)10-20(17,18)15-13-8-16(2)9-14(13)19-3/h4-7,13-15H,8-10H2,1-3H3/t13-,14-/m0/s1. The Morgan fingerprint density at radius 3 is 2.55 bits per heavy atom. The number of rotatable bonds is 5. The summed E-state index contributed by atoms with van der Waals surface area (Å²) in [6, 6.07) is 7.37. The zero-order valence-corrected chi connectivity index (χ0v) is 13.0. The molecule has 2 atom stereocenters. The minimum atomic E-state index is -3.35. The molecule has 0 spiro atoms. The molecule has 1 aromatic carbocycles. The molecular formula is C14H22N2O3S. The number of methoxy groups -OCH3 is 1. The predicted molar refractivity (Wildman–Crippen MR) is 79.0 cm³/mol. The maximum absolute atomic E-state index is 12.2. The molecule has 0 bridgehead atoms. The first-order valence-corrected chi connectivity index (χ1v) is 8.32. The molecule has 1 aliphatic heterocycles. The van der Waals surface area contributed by atoms with Crippen molar-refractivity contribution in [2.24, 2.45) is 0 Å². The van der Waals surface area contributed by atoms with E-state index in [1.54, 1.807) is 7.11 Å². The first kappa shape index (κ1) is 15.4. The van der Waals surface area contributed by atoms with Gasteiger partial charge in [-0.3, -0.25) is 0 Å². The van der Waals surface area contributed by atoms with Crippen LogP contribution in [0.5, 0.6) is 0 Å². The number of ether oxygens (including phenoxy) is 1. The Kier molecular flexibility index (Phi) is 4.80. The number of benzene rings is 1. The molecule has 112 valence electrons. The highest BCUT2D eigenvalue weighted by Crippen LogP contribution is 2.14. The zero-order chi connectivity index (χ0) is 14.8. The second-order valence-electron chi connectivity index (χ2n) is 5.46. The highest BCUT2D eigenvalue weighted by Gasteiger charge is 2.33. The fraction of sp³-hybridized carbons (Fsp3) is 0.571. The summed E-state index contributed by atoms with van der Waals surface area (Å²) < 4.78 is 32.5. The summed E-state index contributed by atoms with van der Waals surface area (Å²) >= 11 is 0. The average Bonchev–Trinajstić information content (AvgIpc) is 2.71. The molecule has 5 nitrogen and oxygen atoms in total. The molecule has 0 radical (unpaired) electrons. The summed E-state index contributed by atoms with van der Waals surface area (Å²) in [5.74, 6) is 0.00390. The molecule has 0 saturated carbocycles. The van der Waals surface area contributed by atoms with Crippen LogP contribution in [-0.2, 0) is 20.5 Å². The lowest BCUT2D eigenvalue weighted by molar-refractivity contribution is 0.0969. The van der Waals surface area contributed by atoms with E-state index in [-0.39, 0.29) is 17.9 Å². The zero-order valence-electron chi connectivity index (χ0n) is 12.2. The van der Waals surface area contributed by atoms with Gasteiger partial charge in [0.25, 0.3) is 0 Å². The SMILES string of the molecule is CO[C@H]1CN(C)C[C@@H]1NS(=O)(=O)Cc1ccc(C)cc1. The van der Waals surface area contributed by atoms with Gasteiger partial charge in [0, 0.05) is 20.2 Å². The topological polar surface area (TPSA) is 58.6 Å². The molecule has 1 fully saturated rings. The first-order chi connectivity index (χ1) is 9.39. The Bertz CT molecular complexity index is 542. The summed E-state index contributed by atoms with van der Waals surface area (Å²) in [6.45, 7) is 3.40. The second kappa shape index (κ2) is 6.22. The van der Waals surface area contributed by atoms with Gasteiger partial charge in [-0.05, 0) is 19.5 Å². The molecule has 1 aromatic rings. The van der Waals surface area contributed by atoms with E-state index in [4.69, 9.17) is 4.74 Å². The summed E-state index contributed by atoms with van der Waals surface area (Å²) in [5.41, 5.74) is 1.92. The minimum absolute atomic E-state index is 0.00390. The van der Waals surface area contributed by atoms with Crippen molar-refractivity contribution in [3.05, 3.63) is 35.4 Å². The van der Waals surface area contributed by atoms with E-state index in [0.29, 0.717) is 6.54 Å². The molecule has 0 amide bonds. The molecule has 2 rings (SSSR count). The third-order valence-corrected chi connectivity index (χ3v) is 4.93. The van der Waals surface area contributed by atoms with Crippen molar-refractivity contribution in [1.82, 2.24) is 9.62 Å². The van der Waals surface area contributed by atoms with Crippen molar-refractivity contribution in [3.63, 3.8) is 0 Å². The summed E-state index contributed by atoms with van der Waals surface area (Å²) in [7, 11) is 0.221. The molecule has 20 heavy (non-hydrogen) atoms. The Balaban J connectivity index is 2.02. The quantitative estimate of drug-likeness (QED) is 0.871. The number of nitrogens with one attached hydrogen (secondary N) is 1. The van der Waals surface area contributed by atoms with Crippen LogP contribution in [0.25, 0.3) is 0 Å². The van der Waals surface area contributed by atoms with Crippen molar-refractivity contribution < 1.29 is 13.2 Å². The van der Waals surface area contributed by atoms with Gasteiger partial charge in [0.2, 0.25) is 10.0 Å². The fourth-order valence-corrected chi connectivity index (χ4v) is 3.89. The normalized spacial score (nSPS) is 24.1. The van der Waals surface area contributed by atoms with Gasteiger partial charge in [0.05, 0.1) is 17.9 Å². The molecule has 1 N–H and O–H groups in total. The number of hydrogen-bond donors (Lipinski definition) is 1. The van der Waals surface area contributed by atoms with Crippen LogP contribution in [0.4, 0.5) is 0 Å². The fourth-order valence-electron chi connectivity index (χ4n) is 2.49. The Morgan fingerprint density at radius 2 is 1.95 bits per heavy atom. The lowest BCUT2D eigenvalue weighted by Crippen LogP contribution is -2.43. The first-order valence-electron chi connectivity index (χ1n) is 6.66. The molecule has 0 aliphatic carbocycles. The summed E-state index contributed by atoms with van der Waals surface area (Å²) in [4.78, 5) is 2.06. The Morgan fingerprint density at radius 1 is 1.30 bits per heavy atom. The van der Waals surface area contributed by atoms with Gasteiger partial charge in [-0.2, -0.15) is 0 Å².